The molecule has 4 aliphatic rings. The molecule has 0 saturated carbocycles. The van der Waals surface area contributed by atoms with E-state index in [4.69, 9.17) is 9.98 Å². The summed E-state index contributed by atoms with van der Waals surface area (Å²) in [4.78, 5) is 10.3. The third-order valence-corrected chi connectivity index (χ3v) is 9.74. The van der Waals surface area contributed by atoms with E-state index in [-0.39, 0.29) is 5.41 Å². The van der Waals surface area contributed by atoms with Crippen LogP contribution in [0, 0.1) is 5.41 Å². The van der Waals surface area contributed by atoms with Crippen LogP contribution >= 0.6 is 0 Å². The first-order valence-corrected chi connectivity index (χ1v) is 15.8. The van der Waals surface area contributed by atoms with Crippen molar-refractivity contribution in [1.29, 1.82) is 0 Å². The molecule has 0 saturated heterocycles. The minimum atomic E-state index is -0.336. The molecule has 2 aliphatic heterocycles. The van der Waals surface area contributed by atoms with Gasteiger partial charge < -0.3 is 0 Å². The highest BCUT2D eigenvalue weighted by molar-refractivity contribution is 6.30. The van der Waals surface area contributed by atoms with Gasteiger partial charge in [-0.3, -0.25) is 4.99 Å². The Morgan fingerprint density at radius 1 is 0.723 bits per heavy atom. The Balaban J connectivity index is 1.34. The summed E-state index contributed by atoms with van der Waals surface area (Å²) in [5.74, 6) is 0. The van der Waals surface area contributed by atoms with Crippen LogP contribution in [0.2, 0.25) is 0 Å². The van der Waals surface area contributed by atoms with Gasteiger partial charge in [0.25, 0.3) is 0 Å². The first-order valence-electron chi connectivity index (χ1n) is 15.8. The predicted octanol–water partition coefficient (Wildman–Crippen LogP) is 11.8. The maximum Gasteiger partial charge on any atom is 0.0827 e. The number of benzene rings is 4. The molecule has 2 aliphatic carbocycles. The molecule has 8 rings (SSSR count). The van der Waals surface area contributed by atoms with E-state index in [1.165, 1.54) is 11.1 Å². The molecule has 4 aromatic carbocycles. The third-order valence-electron chi connectivity index (χ3n) is 9.74. The van der Waals surface area contributed by atoms with E-state index in [2.05, 4.69) is 105 Å². The lowest BCUT2D eigenvalue weighted by atomic mass is 9.69. The van der Waals surface area contributed by atoms with Crippen LogP contribution in [-0.4, -0.2) is 11.4 Å². The molecule has 4 aromatic rings. The molecular formula is C45H32N2. The van der Waals surface area contributed by atoms with Crippen molar-refractivity contribution in [2.75, 3.05) is 0 Å². The van der Waals surface area contributed by atoms with Crippen molar-refractivity contribution < 1.29 is 0 Å². The van der Waals surface area contributed by atoms with Gasteiger partial charge in [0, 0.05) is 27.8 Å². The zero-order chi connectivity index (χ0) is 32.4. The fourth-order valence-electron chi connectivity index (χ4n) is 7.58. The van der Waals surface area contributed by atoms with Gasteiger partial charge in [-0.1, -0.05) is 112 Å². The van der Waals surface area contributed by atoms with E-state index in [1.807, 2.05) is 49.5 Å². The second-order valence-electron chi connectivity index (χ2n) is 12.0. The summed E-state index contributed by atoms with van der Waals surface area (Å²) in [6, 6.07) is 21.7. The van der Waals surface area contributed by atoms with Crippen LogP contribution in [0.1, 0.15) is 40.3 Å². The highest BCUT2D eigenvalue weighted by Gasteiger charge is 2.57. The van der Waals surface area contributed by atoms with Crippen LogP contribution < -0.4 is 0 Å². The van der Waals surface area contributed by atoms with Crippen LogP contribution in [0.25, 0.3) is 51.3 Å². The summed E-state index contributed by atoms with van der Waals surface area (Å²) >= 11 is 0. The highest BCUT2D eigenvalue weighted by Crippen LogP contribution is 2.66. The summed E-state index contributed by atoms with van der Waals surface area (Å²) < 4.78 is 0. The van der Waals surface area contributed by atoms with Gasteiger partial charge in [-0.05, 0) is 93.1 Å². The second-order valence-corrected chi connectivity index (χ2v) is 12.0. The predicted molar refractivity (Wildman–Crippen MR) is 204 cm³/mol. The molecular weight excluding hydrogens is 569 g/mol. The molecule has 0 amide bonds. The van der Waals surface area contributed by atoms with Gasteiger partial charge in [0.1, 0.15) is 0 Å². The zero-order valence-corrected chi connectivity index (χ0v) is 26.4. The first kappa shape index (κ1) is 28.4. The Bertz CT molecular complexity index is 2420. The maximum absolute atomic E-state index is 5.25. The molecule has 0 bridgehead atoms. The monoisotopic (exact) mass is 600 g/mol. The topological polar surface area (TPSA) is 24.7 Å². The fourth-order valence-corrected chi connectivity index (χ4v) is 7.58. The smallest absolute Gasteiger partial charge is 0.0827 e. The molecule has 0 N–H and O–H groups in total. The Hall–Kier alpha value is -6.08. The lowest BCUT2D eigenvalue weighted by molar-refractivity contribution is 0.957. The molecule has 1 spiro atoms. The first-order chi connectivity index (χ1) is 23.0. The standard InChI is InChI=1S/C45H32N2/c1-7-15-27-18-22-34-33-21-19-28(24-37(33)30(8-2)32(10-4)43(34)46-41(27)12-6)29-20-23-35-38(25-29)31(9-3)39(11-5)45-26-40(45)36-16-13-14-17-42(36)47-44(35)45/h7-17,19-26H,2-6H2,1H3/b15-7-. The Morgan fingerprint density at radius 2 is 1.51 bits per heavy atom. The highest BCUT2D eigenvalue weighted by atomic mass is 14.8. The number of nitrogens with zero attached hydrogens (tertiary/aromatic N) is 2. The van der Waals surface area contributed by atoms with E-state index < -0.39 is 0 Å². The van der Waals surface area contributed by atoms with Crippen LogP contribution in [0.4, 0.5) is 11.4 Å². The minimum absolute atomic E-state index is 0.336. The Morgan fingerprint density at radius 3 is 2.26 bits per heavy atom. The van der Waals surface area contributed by atoms with Crippen molar-refractivity contribution in [2.45, 2.75) is 6.92 Å². The van der Waals surface area contributed by atoms with E-state index in [1.54, 1.807) is 6.08 Å². The number of aliphatic imine (C=N–C) groups is 2. The van der Waals surface area contributed by atoms with Crippen molar-refractivity contribution >= 4 is 62.9 Å². The number of para-hydroxylation sites is 1. The molecule has 1 unspecified atom stereocenters. The van der Waals surface area contributed by atoms with Crippen LogP contribution in [-0.2, 0) is 0 Å². The minimum Gasteiger partial charge on any atom is -0.251 e. The zero-order valence-electron chi connectivity index (χ0n) is 26.4. The lowest BCUT2D eigenvalue weighted by Gasteiger charge is -2.34. The Kier molecular flexibility index (Phi) is 6.34. The van der Waals surface area contributed by atoms with Crippen molar-refractivity contribution in [3.8, 4) is 11.1 Å². The normalized spacial score (nSPS) is 18.3. The van der Waals surface area contributed by atoms with Crippen LogP contribution in [0.3, 0.4) is 0 Å². The van der Waals surface area contributed by atoms with E-state index in [0.717, 1.165) is 89.2 Å². The summed E-state index contributed by atoms with van der Waals surface area (Å²) in [6.07, 6.45) is 17.9. The second kappa shape index (κ2) is 10.5. The van der Waals surface area contributed by atoms with Crippen LogP contribution in [0.5, 0.6) is 0 Å². The van der Waals surface area contributed by atoms with E-state index in [0.29, 0.717) is 0 Å². The molecule has 2 nitrogen and oxygen atoms in total. The van der Waals surface area contributed by atoms with Gasteiger partial charge in [0.15, 0.2) is 0 Å². The molecule has 0 aromatic heterocycles. The number of rotatable bonds is 7. The van der Waals surface area contributed by atoms with Gasteiger partial charge in [0.05, 0.1) is 28.2 Å². The quantitative estimate of drug-likeness (QED) is 0.189. The van der Waals surface area contributed by atoms with Crippen LogP contribution in [0.15, 0.2) is 157 Å². The summed E-state index contributed by atoms with van der Waals surface area (Å²) in [6.45, 7) is 22.9. The summed E-state index contributed by atoms with van der Waals surface area (Å²) in [5.41, 5.74) is 19.8. The number of hydrogen-bond acceptors (Lipinski definition) is 2. The largest absolute Gasteiger partial charge is 0.251 e. The fraction of sp³-hybridized carbons (Fsp3) is 0.0444. The van der Waals surface area contributed by atoms with E-state index >= 15 is 0 Å². The average Bonchev–Trinajstić information content (AvgIpc) is 3.89. The lowest BCUT2D eigenvalue weighted by Crippen LogP contribution is -2.29. The average molecular weight is 601 g/mol. The van der Waals surface area contributed by atoms with Gasteiger partial charge in [-0.15, -0.1) is 5.73 Å². The van der Waals surface area contributed by atoms with E-state index in [9.17, 15) is 0 Å². The van der Waals surface area contributed by atoms with Gasteiger partial charge in [-0.2, -0.15) is 0 Å². The molecule has 47 heavy (non-hydrogen) atoms. The summed E-state index contributed by atoms with van der Waals surface area (Å²) in [7, 11) is 0. The molecule has 2 heterocycles. The number of allylic oxidation sites excluding steroid dienone is 10. The van der Waals surface area contributed by atoms with Gasteiger partial charge >= 0.3 is 0 Å². The summed E-state index contributed by atoms with van der Waals surface area (Å²) in [5, 5.41) is 2.16. The van der Waals surface area contributed by atoms with Crippen molar-refractivity contribution in [3.05, 3.63) is 180 Å². The number of hydrogen-bond donors (Lipinski definition) is 0. The molecule has 1 atom stereocenters. The SMILES string of the molecule is C=CC1=Nc2c(C=C)c(C=C)c3cc(-c4ccc5c(c4)C(C=C)=C(C=C)C46C=C4c4ccccc4N=C56)ccc3c2C=C=C1/C=C\C. The van der Waals surface area contributed by atoms with Gasteiger partial charge in [0.2, 0.25) is 0 Å². The molecule has 0 fully saturated rings. The molecule has 0 radical (unpaired) electrons. The molecule has 2 heteroatoms. The number of fused-ring (bicyclic) bond motifs is 7. The maximum atomic E-state index is 5.25. The molecule has 222 valence electrons. The van der Waals surface area contributed by atoms with Gasteiger partial charge in [-0.25, -0.2) is 4.99 Å². The van der Waals surface area contributed by atoms with Crippen molar-refractivity contribution in [1.82, 2.24) is 0 Å². The third kappa shape index (κ3) is 3.86. The van der Waals surface area contributed by atoms with Crippen molar-refractivity contribution in [3.63, 3.8) is 0 Å². The Labute approximate surface area is 275 Å². The van der Waals surface area contributed by atoms with Crippen molar-refractivity contribution in [2.24, 2.45) is 15.4 Å².